The Morgan fingerprint density at radius 2 is 1.96 bits per heavy atom. The van der Waals surface area contributed by atoms with Crippen LogP contribution in [0.2, 0.25) is 5.02 Å². The molecular formula is C18H22ClN5O2S. The Labute approximate surface area is 167 Å². The van der Waals surface area contributed by atoms with E-state index in [2.05, 4.69) is 15.7 Å². The Hall–Kier alpha value is -2.19. The van der Waals surface area contributed by atoms with E-state index < -0.39 is 0 Å². The van der Waals surface area contributed by atoms with E-state index in [-0.39, 0.29) is 18.0 Å². The highest BCUT2D eigenvalue weighted by Gasteiger charge is 2.25. The summed E-state index contributed by atoms with van der Waals surface area (Å²) in [7, 11) is 0. The van der Waals surface area contributed by atoms with Crippen molar-refractivity contribution in [1.82, 2.24) is 14.7 Å². The number of amides is 3. The van der Waals surface area contributed by atoms with Gasteiger partial charge in [-0.3, -0.25) is 10.1 Å². The minimum atomic E-state index is -0.377. The van der Waals surface area contributed by atoms with Gasteiger partial charge in [-0.25, -0.2) is 9.48 Å². The highest BCUT2D eigenvalue weighted by Crippen LogP contribution is 2.26. The lowest BCUT2D eigenvalue weighted by Gasteiger charge is -2.32. The van der Waals surface area contributed by atoms with Crippen molar-refractivity contribution in [3.8, 4) is 0 Å². The molecule has 7 nitrogen and oxygen atoms in total. The second kappa shape index (κ2) is 9.14. The number of urea groups is 1. The molecule has 1 fully saturated rings. The van der Waals surface area contributed by atoms with Crippen molar-refractivity contribution in [1.29, 1.82) is 0 Å². The van der Waals surface area contributed by atoms with Crippen molar-refractivity contribution in [3.63, 3.8) is 0 Å². The third-order valence-electron chi connectivity index (χ3n) is 4.46. The molecule has 1 aliphatic heterocycles. The summed E-state index contributed by atoms with van der Waals surface area (Å²) in [4.78, 5) is 26.2. The Balaban J connectivity index is 1.59. The van der Waals surface area contributed by atoms with E-state index in [0.29, 0.717) is 35.4 Å². The molecule has 1 aliphatic rings. The van der Waals surface area contributed by atoms with Gasteiger partial charge in [0.25, 0.3) is 0 Å². The van der Waals surface area contributed by atoms with Crippen LogP contribution >= 0.6 is 23.4 Å². The van der Waals surface area contributed by atoms with Crippen molar-refractivity contribution in [2.45, 2.75) is 18.9 Å². The molecular weight excluding hydrogens is 386 g/mol. The summed E-state index contributed by atoms with van der Waals surface area (Å²) in [5.74, 6) is 1.31. The smallest absolute Gasteiger partial charge is 0.324 e. The van der Waals surface area contributed by atoms with Crippen LogP contribution in [0.4, 0.5) is 16.3 Å². The predicted molar refractivity (Wildman–Crippen MR) is 110 cm³/mol. The topological polar surface area (TPSA) is 79.3 Å². The number of nitrogens with zero attached hydrogens (tertiary/aromatic N) is 3. The molecule has 2 N–H and O–H groups in total. The Morgan fingerprint density at radius 1 is 1.22 bits per heavy atom. The molecule has 0 aliphatic carbocycles. The SMILES string of the molecule is CSCC(=O)N1CCC(n2nccc2NC(=O)Nc2ccccc2Cl)CC1. The van der Waals surface area contributed by atoms with Crippen molar-refractivity contribution in [2.75, 3.05) is 35.7 Å². The number of benzene rings is 1. The van der Waals surface area contributed by atoms with Gasteiger partial charge in [-0.15, -0.1) is 0 Å². The lowest BCUT2D eigenvalue weighted by atomic mass is 10.1. The minimum absolute atomic E-state index is 0.147. The van der Waals surface area contributed by atoms with Crippen molar-refractivity contribution in [2.24, 2.45) is 0 Å². The van der Waals surface area contributed by atoms with Gasteiger partial charge >= 0.3 is 6.03 Å². The van der Waals surface area contributed by atoms with E-state index in [1.165, 1.54) is 0 Å². The summed E-state index contributed by atoms with van der Waals surface area (Å²) in [5, 5.41) is 10.4. The first kappa shape index (κ1) is 19.6. The first-order chi connectivity index (χ1) is 13.1. The van der Waals surface area contributed by atoms with Crippen LogP contribution in [0.3, 0.4) is 0 Å². The molecule has 0 unspecified atom stereocenters. The van der Waals surface area contributed by atoms with Gasteiger partial charge in [-0.1, -0.05) is 23.7 Å². The predicted octanol–water partition coefficient (Wildman–Crippen LogP) is 3.71. The molecule has 3 amide bonds. The fourth-order valence-electron chi connectivity index (χ4n) is 3.11. The second-order valence-electron chi connectivity index (χ2n) is 6.26. The summed E-state index contributed by atoms with van der Waals surface area (Å²) in [6, 6.07) is 8.59. The highest BCUT2D eigenvalue weighted by atomic mass is 35.5. The maximum atomic E-state index is 12.3. The number of hydrogen-bond acceptors (Lipinski definition) is 4. The number of rotatable bonds is 5. The number of piperidine rings is 1. The molecule has 0 bridgehead atoms. The van der Waals surface area contributed by atoms with E-state index in [9.17, 15) is 9.59 Å². The monoisotopic (exact) mass is 407 g/mol. The Bertz CT molecular complexity index is 805. The second-order valence-corrected chi connectivity index (χ2v) is 7.54. The molecule has 9 heteroatoms. The molecule has 144 valence electrons. The van der Waals surface area contributed by atoms with Crippen molar-refractivity contribution in [3.05, 3.63) is 41.6 Å². The quantitative estimate of drug-likeness (QED) is 0.791. The van der Waals surface area contributed by atoms with Gasteiger partial charge in [-0.05, 0) is 31.2 Å². The van der Waals surface area contributed by atoms with Gasteiger partial charge in [-0.2, -0.15) is 16.9 Å². The fraction of sp³-hybridized carbons (Fsp3) is 0.389. The number of thioether (sulfide) groups is 1. The van der Waals surface area contributed by atoms with E-state index in [1.807, 2.05) is 15.8 Å². The van der Waals surface area contributed by atoms with E-state index >= 15 is 0 Å². The van der Waals surface area contributed by atoms with Crippen LogP contribution in [-0.2, 0) is 4.79 Å². The molecule has 0 saturated carbocycles. The molecule has 2 aromatic rings. The summed E-state index contributed by atoms with van der Waals surface area (Å²) < 4.78 is 1.82. The first-order valence-corrected chi connectivity index (χ1v) is 10.5. The van der Waals surface area contributed by atoms with Gasteiger partial charge < -0.3 is 10.2 Å². The lowest BCUT2D eigenvalue weighted by molar-refractivity contribution is -0.129. The average Bonchev–Trinajstić information content (AvgIpc) is 3.12. The number of likely N-dealkylation sites (tertiary alicyclic amines) is 1. The molecule has 1 aromatic heterocycles. The van der Waals surface area contributed by atoms with Crippen LogP contribution in [-0.4, -0.2) is 51.7 Å². The molecule has 1 saturated heterocycles. The van der Waals surface area contributed by atoms with Crippen LogP contribution in [0.25, 0.3) is 0 Å². The molecule has 0 radical (unpaired) electrons. The minimum Gasteiger partial charge on any atom is -0.342 e. The molecule has 27 heavy (non-hydrogen) atoms. The average molecular weight is 408 g/mol. The van der Waals surface area contributed by atoms with Crippen LogP contribution in [0.15, 0.2) is 36.5 Å². The number of nitrogens with one attached hydrogen (secondary N) is 2. The maximum Gasteiger partial charge on any atom is 0.324 e. The standard InChI is InChI=1S/C18H22ClN5O2S/c1-27-12-17(25)23-10-7-13(8-11-23)24-16(6-9-20-24)22-18(26)21-15-5-3-2-4-14(15)19/h2-6,9,13H,7-8,10-12H2,1H3,(H2,21,22,26). The number of anilines is 2. The fourth-order valence-corrected chi connectivity index (χ4v) is 3.72. The summed E-state index contributed by atoms with van der Waals surface area (Å²) >= 11 is 7.61. The van der Waals surface area contributed by atoms with E-state index in [0.717, 1.165) is 12.8 Å². The largest absolute Gasteiger partial charge is 0.342 e. The maximum absolute atomic E-state index is 12.3. The molecule has 2 heterocycles. The first-order valence-electron chi connectivity index (χ1n) is 8.71. The van der Waals surface area contributed by atoms with Crippen LogP contribution < -0.4 is 10.6 Å². The number of carbonyl (C=O) groups is 2. The number of halogens is 1. The summed E-state index contributed by atoms with van der Waals surface area (Å²) in [6.07, 6.45) is 5.21. The third-order valence-corrected chi connectivity index (χ3v) is 5.33. The lowest BCUT2D eigenvalue weighted by Crippen LogP contribution is -2.40. The zero-order chi connectivity index (χ0) is 19.2. The number of aromatic nitrogens is 2. The van der Waals surface area contributed by atoms with Gasteiger partial charge in [0, 0.05) is 19.2 Å². The van der Waals surface area contributed by atoms with Gasteiger partial charge in [0.1, 0.15) is 5.82 Å². The van der Waals surface area contributed by atoms with E-state index in [1.54, 1.807) is 48.3 Å². The van der Waals surface area contributed by atoms with Crippen LogP contribution in [0.1, 0.15) is 18.9 Å². The third kappa shape index (κ3) is 4.95. The number of carbonyl (C=O) groups excluding carboxylic acids is 2. The molecule has 0 spiro atoms. The number of hydrogen-bond donors (Lipinski definition) is 2. The molecule has 3 rings (SSSR count). The summed E-state index contributed by atoms with van der Waals surface area (Å²) in [5.41, 5.74) is 0.545. The number of para-hydroxylation sites is 1. The van der Waals surface area contributed by atoms with Gasteiger partial charge in [0.15, 0.2) is 0 Å². The zero-order valence-corrected chi connectivity index (χ0v) is 16.6. The Morgan fingerprint density at radius 3 is 2.67 bits per heavy atom. The van der Waals surface area contributed by atoms with Gasteiger partial charge in [0.05, 0.1) is 28.7 Å². The highest BCUT2D eigenvalue weighted by molar-refractivity contribution is 7.99. The zero-order valence-electron chi connectivity index (χ0n) is 15.0. The van der Waals surface area contributed by atoms with Crippen molar-refractivity contribution < 1.29 is 9.59 Å². The molecule has 0 atom stereocenters. The summed E-state index contributed by atoms with van der Waals surface area (Å²) in [6.45, 7) is 1.41. The van der Waals surface area contributed by atoms with Crippen LogP contribution in [0.5, 0.6) is 0 Å². The Kier molecular flexibility index (Phi) is 6.63. The molecule has 1 aromatic carbocycles. The normalized spacial score (nSPS) is 14.8. The van der Waals surface area contributed by atoms with Gasteiger partial charge in [0.2, 0.25) is 5.91 Å². The van der Waals surface area contributed by atoms with Crippen LogP contribution in [0, 0.1) is 0 Å². The van der Waals surface area contributed by atoms with E-state index in [4.69, 9.17) is 11.6 Å². The van der Waals surface area contributed by atoms with Crippen molar-refractivity contribution >= 4 is 46.8 Å².